The van der Waals surface area contributed by atoms with E-state index in [0.29, 0.717) is 26.2 Å². The molecule has 3 aliphatic rings. The van der Waals surface area contributed by atoms with Crippen molar-refractivity contribution in [2.24, 2.45) is 11.8 Å². The van der Waals surface area contributed by atoms with E-state index >= 15 is 0 Å². The zero-order valence-corrected chi connectivity index (χ0v) is 16.0. The number of nitrogens with one attached hydrogen (secondary N) is 1. The van der Waals surface area contributed by atoms with E-state index in [0.717, 1.165) is 51.4 Å². The van der Waals surface area contributed by atoms with E-state index in [4.69, 9.17) is 0 Å². The van der Waals surface area contributed by atoms with Gasteiger partial charge in [0.25, 0.3) is 0 Å². The summed E-state index contributed by atoms with van der Waals surface area (Å²) in [6.45, 7) is 4.44. The molecule has 0 aromatic heterocycles. The van der Waals surface area contributed by atoms with Crippen LogP contribution in [0, 0.1) is 11.8 Å². The van der Waals surface area contributed by atoms with Crippen molar-refractivity contribution in [3.05, 3.63) is 0 Å². The van der Waals surface area contributed by atoms with Gasteiger partial charge in [0.05, 0.1) is 5.92 Å². The molecule has 1 aliphatic carbocycles. The summed E-state index contributed by atoms with van der Waals surface area (Å²) in [7, 11) is 0. The highest BCUT2D eigenvalue weighted by atomic mass is 16.2. The molecular formula is C20H33N3O3. The maximum Gasteiger partial charge on any atom is 0.245 e. The van der Waals surface area contributed by atoms with E-state index in [1.165, 1.54) is 6.42 Å². The molecular weight excluding hydrogens is 330 g/mol. The van der Waals surface area contributed by atoms with Crippen LogP contribution >= 0.6 is 0 Å². The molecule has 0 aromatic carbocycles. The number of carbonyl (C=O) groups is 3. The first kappa shape index (κ1) is 19.2. The fraction of sp³-hybridized carbons (Fsp3) is 0.850. The maximum absolute atomic E-state index is 13.1. The van der Waals surface area contributed by atoms with Crippen LogP contribution in [0.3, 0.4) is 0 Å². The summed E-state index contributed by atoms with van der Waals surface area (Å²) < 4.78 is 0. The van der Waals surface area contributed by atoms with E-state index < -0.39 is 0 Å². The van der Waals surface area contributed by atoms with E-state index in [9.17, 15) is 14.4 Å². The molecule has 0 bridgehead atoms. The standard InChI is InChI=1S/C20H33N3O3/c1-2-21-18(24)16-10-6-12-22(14-16)20(26)17-11-7-13-23(17)19(25)15-8-4-3-5-9-15/h15-17H,2-14H2,1H3,(H,21,24). The van der Waals surface area contributed by atoms with Crippen LogP contribution in [0.2, 0.25) is 0 Å². The number of amides is 3. The SMILES string of the molecule is CCNC(=O)C1CCCN(C(=O)C2CCCN2C(=O)C2CCCCC2)C1. The normalized spacial score (nSPS) is 27.4. The van der Waals surface area contributed by atoms with Crippen LogP contribution in [0.5, 0.6) is 0 Å². The summed E-state index contributed by atoms with van der Waals surface area (Å²) in [5.74, 6) is 0.295. The van der Waals surface area contributed by atoms with Crippen LogP contribution in [0.25, 0.3) is 0 Å². The molecule has 3 fully saturated rings. The monoisotopic (exact) mass is 363 g/mol. The summed E-state index contributed by atoms with van der Waals surface area (Å²) in [5, 5.41) is 2.87. The minimum Gasteiger partial charge on any atom is -0.356 e. The molecule has 2 atom stereocenters. The lowest BCUT2D eigenvalue weighted by molar-refractivity contribution is -0.148. The summed E-state index contributed by atoms with van der Waals surface area (Å²) in [6, 6.07) is -0.308. The molecule has 2 aliphatic heterocycles. The third kappa shape index (κ3) is 4.21. The summed E-state index contributed by atoms with van der Waals surface area (Å²) in [6.07, 6.45) is 8.79. The van der Waals surface area contributed by atoms with E-state index in [1.807, 2.05) is 16.7 Å². The van der Waals surface area contributed by atoms with E-state index in [-0.39, 0.29) is 35.6 Å². The van der Waals surface area contributed by atoms with Gasteiger partial charge in [0.15, 0.2) is 0 Å². The third-order valence-electron chi connectivity index (χ3n) is 6.23. The van der Waals surface area contributed by atoms with Gasteiger partial charge in [-0.15, -0.1) is 0 Å². The predicted octanol–water partition coefficient (Wildman–Crippen LogP) is 1.93. The van der Waals surface area contributed by atoms with Crippen LogP contribution in [0.1, 0.15) is 64.7 Å². The first-order valence-corrected chi connectivity index (χ1v) is 10.5. The molecule has 26 heavy (non-hydrogen) atoms. The first-order valence-electron chi connectivity index (χ1n) is 10.5. The Hall–Kier alpha value is -1.59. The fourth-order valence-electron chi connectivity index (χ4n) is 4.79. The number of hydrogen-bond donors (Lipinski definition) is 1. The van der Waals surface area contributed by atoms with Crippen LogP contribution in [0.4, 0.5) is 0 Å². The molecule has 2 heterocycles. The Bertz CT molecular complexity index is 530. The molecule has 1 N–H and O–H groups in total. The van der Waals surface area contributed by atoms with Gasteiger partial charge < -0.3 is 15.1 Å². The second-order valence-electron chi connectivity index (χ2n) is 8.04. The number of rotatable bonds is 4. The maximum atomic E-state index is 13.1. The minimum absolute atomic E-state index is 0.0477. The Labute approximate surface area is 156 Å². The molecule has 0 radical (unpaired) electrons. The highest BCUT2D eigenvalue weighted by molar-refractivity contribution is 5.89. The van der Waals surface area contributed by atoms with Gasteiger partial charge in [-0.3, -0.25) is 14.4 Å². The Morgan fingerprint density at radius 2 is 1.54 bits per heavy atom. The zero-order chi connectivity index (χ0) is 18.5. The second-order valence-corrected chi connectivity index (χ2v) is 8.04. The van der Waals surface area contributed by atoms with Crippen LogP contribution < -0.4 is 5.32 Å². The third-order valence-corrected chi connectivity index (χ3v) is 6.23. The number of carbonyl (C=O) groups excluding carboxylic acids is 3. The minimum atomic E-state index is -0.308. The molecule has 0 aromatic rings. The summed E-state index contributed by atoms with van der Waals surface area (Å²) >= 11 is 0. The van der Waals surface area contributed by atoms with Crippen molar-refractivity contribution in [3.63, 3.8) is 0 Å². The lowest BCUT2D eigenvalue weighted by atomic mass is 9.88. The highest BCUT2D eigenvalue weighted by Gasteiger charge is 2.40. The Morgan fingerprint density at radius 3 is 2.27 bits per heavy atom. The molecule has 6 heteroatoms. The van der Waals surface area contributed by atoms with Crippen LogP contribution in [-0.2, 0) is 14.4 Å². The molecule has 146 valence electrons. The van der Waals surface area contributed by atoms with Crippen molar-refractivity contribution in [2.45, 2.75) is 70.8 Å². The van der Waals surface area contributed by atoms with Gasteiger partial charge in [0.1, 0.15) is 6.04 Å². The number of likely N-dealkylation sites (tertiary alicyclic amines) is 2. The lowest BCUT2D eigenvalue weighted by Gasteiger charge is -2.36. The van der Waals surface area contributed by atoms with Gasteiger partial charge in [-0.1, -0.05) is 19.3 Å². The van der Waals surface area contributed by atoms with Crippen molar-refractivity contribution >= 4 is 17.7 Å². The number of hydrogen-bond acceptors (Lipinski definition) is 3. The highest BCUT2D eigenvalue weighted by Crippen LogP contribution is 2.30. The van der Waals surface area contributed by atoms with Gasteiger partial charge in [-0.05, 0) is 45.4 Å². The van der Waals surface area contributed by atoms with Gasteiger partial charge in [-0.25, -0.2) is 0 Å². The smallest absolute Gasteiger partial charge is 0.245 e. The molecule has 2 saturated heterocycles. The van der Waals surface area contributed by atoms with Crippen molar-refractivity contribution in [1.82, 2.24) is 15.1 Å². The van der Waals surface area contributed by atoms with Crippen LogP contribution in [-0.4, -0.2) is 59.7 Å². The fourth-order valence-corrected chi connectivity index (χ4v) is 4.79. The molecule has 6 nitrogen and oxygen atoms in total. The van der Waals surface area contributed by atoms with Crippen molar-refractivity contribution in [2.75, 3.05) is 26.2 Å². The van der Waals surface area contributed by atoms with E-state index in [1.54, 1.807) is 0 Å². The van der Waals surface area contributed by atoms with Gasteiger partial charge in [0.2, 0.25) is 17.7 Å². The first-order chi connectivity index (χ1) is 12.6. The quantitative estimate of drug-likeness (QED) is 0.830. The molecule has 1 saturated carbocycles. The van der Waals surface area contributed by atoms with Gasteiger partial charge in [-0.2, -0.15) is 0 Å². The molecule has 3 amide bonds. The average molecular weight is 364 g/mol. The number of piperidine rings is 1. The molecule has 0 spiro atoms. The summed E-state index contributed by atoms with van der Waals surface area (Å²) in [4.78, 5) is 41.9. The second kappa shape index (κ2) is 8.87. The number of nitrogens with zero attached hydrogens (tertiary/aromatic N) is 2. The van der Waals surface area contributed by atoms with Crippen LogP contribution in [0.15, 0.2) is 0 Å². The van der Waals surface area contributed by atoms with E-state index in [2.05, 4.69) is 5.32 Å². The van der Waals surface area contributed by atoms with Gasteiger partial charge in [0, 0.05) is 32.1 Å². The molecule has 3 rings (SSSR count). The summed E-state index contributed by atoms with van der Waals surface area (Å²) in [5.41, 5.74) is 0. The zero-order valence-electron chi connectivity index (χ0n) is 16.0. The predicted molar refractivity (Wildman–Crippen MR) is 99.3 cm³/mol. The topological polar surface area (TPSA) is 69.7 Å². The Morgan fingerprint density at radius 1 is 0.846 bits per heavy atom. The van der Waals surface area contributed by atoms with Crippen molar-refractivity contribution in [3.8, 4) is 0 Å². The Balaban J connectivity index is 1.62. The van der Waals surface area contributed by atoms with Crippen molar-refractivity contribution < 1.29 is 14.4 Å². The Kier molecular flexibility index (Phi) is 6.54. The lowest BCUT2D eigenvalue weighted by Crippen LogP contribution is -2.53. The largest absolute Gasteiger partial charge is 0.356 e. The molecule has 2 unspecified atom stereocenters. The van der Waals surface area contributed by atoms with Crippen molar-refractivity contribution in [1.29, 1.82) is 0 Å². The van der Waals surface area contributed by atoms with Gasteiger partial charge >= 0.3 is 0 Å². The average Bonchev–Trinajstić information content (AvgIpc) is 3.17.